The van der Waals surface area contributed by atoms with Gasteiger partial charge >= 0.3 is 0 Å². The average molecular weight is 336 g/mol. The summed E-state index contributed by atoms with van der Waals surface area (Å²) in [5.74, 6) is 2.29. The molecule has 0 N–H and O–H groups in total. The maximum Gasteiger partial charge on any atom is 0.228 e. The van der Waals surface area contributed by atoms with Crippen LogP contribution >= 0.6 is 0 Å². The average Bonchev–Trinajstić information content (AvgIpc) is 2.65. The monoisotopic (exact) mass is 336 g/mol. The first-order chi connectivity index (χ1) is 12.2. The van der Waals surface area contributed by atoms with Gasteiger partial charge in [0.15, 0.2) is 5.82 Å². The van der Waals surface area contributed by atoms with Crippen LogP contribution in [0.15, 0.2) is 24.5 Å². The number of carbonyl (C=O) groups excluding carboxylic acids is 1. The zero-order valence-corrected chi connectivity index (χ0v) is 14.7. The van der Waals surface area contributed by atoms with Crippen LogP contribution in [0, 0.1) is 12.8 Å². The van der Waals surface area contributed by atoms with Crippen LogP contribution in [0.4, 0.5) is 5.82 Å². The number of hydrogen-bond donors (Lipinski definition) is 0. The Morgan fingerprint density at radius 2 is 2.00 bits per heavy atom. The lowest BCUT2D eigenvalue weighted by Crippen LogP contribution is -2.40. The highest BCUT2D eigenvalue weighted by molar-refractivity contribution is 5.95. The van der Waals surface area contributed by atoms with Crippen LogP contribution < -0.4 is 4.90 Å². The summed E-state index contributed by atoms with van der Waals surface area (Å²) in [4.78, 5) is 28.2. The van der Waals surface area contributed by atoms with Crippen LogP contribution in [0.1, 0.15) is 49.8 Å². The third kappa shape index (κ3) is 3.28. The first-order valence-corrected chi connectivity index (χ1v) is 9.30. The number of aromatic nitrogens is 3. The molecule has 4 rings (SSSR count). The molecule has 5 nitrogen and oxygen atoms in total. The van der Waals surface area contributed by atoms with Crippen molar-refractivity contribution in [2.24, 2.45) is 5.92 Å². The van der Waals surface area contributed by atoms with Gasteiger partial charge in [-0.1, -0.05) is 19.3 Å². The van der Waals surface area contributed by atoms with E-state index in [2.05, 4.69) is 9.97 Å². The topological polar surface area (TPSA) is 59.0 Å². The summed E-state index contributed by atoms with van der Waals surface area (Å²) < 4.78 is 0. The largest absolute Gasteiger partial charge is 0.296 e. The van der Waals surface area contributed by atoms with Crippen LogP contribution in [-0.4, -0.2) is 27.4 Å². The van der Waals surface area contributed by atoms with Crippen LogP contribution in [-0.2, 0) is 11.2 Å². The van der Waals surface area contributed by atoms with Gasteiger partial charge in [0.25, 0.3) is 0 Å². The summed E-state index contributed by atoms with van der Waals surface area (Å²) in [5, 5.41) is 0. The van der Waals surface area contributed by atoms with Gasteiger partial charge in [-0.2, -0.15) is 0 Å². The van der Waals surface area contributed by atoms with Crippen molar-refractivity contribution in [3.05, 3.63) is 35.8 Å². The summed E-state index contributed by atoms with van der Waals surface area (Å²) >= 11 is 0. The molecule has 25 heavy (non-hydrogen) atoms. The molecular weight excluding hydrogens is 312 g/mol. The van der Waals surface area contributed by atoms with Crippen molar-refractivity contribution >= 4 is 11.7 Å². The highest BCUT2D eigenvalue weighted by Crippen LogP contribution is 2.33. The Labute approximate surface area is 148 Å². The van der Waals surface area contributed by atoms with Gasteiger partial charge in [-0.25, -0.2) is 9.97 Å². The van der Waals surface area contributed by atoms with E-state index in [1.807, 2.05) is 24.0 Å². The fourth-order valence-corrected chi connectivity index (χ4v) is 4.02. The van der Waals surface area contributed by atoms with Gasteiger partial charge in [0.1, 0.15) is 5.82 Å². The van der Waals surface area contributed by atoms with Gasteiger partial charge < -0.3 is 0 Å². The summed E-state index contributed by atoms with van der Waals surface area (Å²) in [6.07, 6.45) is 11.2. The van der Waals surface area contributed by atoms with Crippen molar-refractivity contribution in [3.63, 3.8) is 0 Å². The van der Waals surface area contributed by atoms with Crippen LogP contribution in [0.25, 0.3) is 11.4 Å². The minimum atomic E-state index is 0.202. The Morgan fingerprint density at radius 3 is 2.76 bits per heavy atom. The van der Waals surface area contributed by atoms with Crippen molar-refractivity contribution < 1.29 is 4.79 Å². The molecule has 5 heteroatoms. The summed E-state index contributed by atoms with van der Waals surface area (Å²) in [6.45, 7) is 2.82. The van der Waals surface area contributed by atoms with E-state index >= 15 is 0 Å². The van der Waals surface area contributed by atoms with E-state index in [4.69, 9.17) is 4.98 Å². The Hall–Kier alpha value is -2.30. The highest BCUT2D eigenvalue weighted by Gasteiger charge is 2.30. The number of carbonyl (C=O) groups is 1. The molecule has 130 valence electrons. The molecule has 2 aliphatic rings. The lowest BCUT2D eigenvalue weighted by molar-refractivity contribution is -0.119. The van der Waals surface area contributed by atoms with Crippen molar-refractivity contribution in [1.82, 2.24) is 15.0 Å². The maximum absolute atomic E-state index is 12.6. The van der Waals surface area contributed by atoms with Crippen LogP contribution in [0.3, 0.4) is 0 Å². The van der Waals surface area contributed by atoms with E-state index in [1.165, 1.54) is 32.1 Å². The fourth-order valence-electron chi connectivity index (χ4n) is 4.02. The number of amides is 1. The molecule has 0 aromatic carbocycles. The van der Waals surface area contributed by atoms with E-state index in [9.17, 15) is 4.79 Å². The molecule has 0 spiro atoms. The van der Waals surface area contributed by atoms with E-state index in [0.717, 1.165) is 35.6 Å². The van der Waals surface area contributed by atoms with Crippen molar-refractivity contribution in [1.29, 1.82) is 0 Å². The lowest BCUT2D eigenvalue weighted by Gasteiger charge is -2.33. The smallest absolute Gasteiger partial charge is 0.228 e. The Morgan fingerprint density at radius 1 is 1.16 bits per heavy atom. The van der Waals surface area contributed by atoms with Gasteiger partial charge in [0.2, 0.25) is 5.91 Å². The molecule has 1 amide bonds. The standard InChI is InChI=1S/C20H24N4O/c1-14-17-9-10-18(25)24(13-15-6-3-2-4-7-15)20(17)23-19(22-14)16-8-5-11-21-12-16/h5,8,11-12,15H,2-4,6-7,9-10,13H2,1H3. The van der Waals surface area contributed by atoms with Crippen molar-refractivity contribution in [2.75, 3.05) is 11.4 Å². The number of fused-ring (bicyclic) bond motifs is 1. The summed E-state index contributed by atoms with van der Waals surface area (Å²) in [6, 6.07) is 3.85. The van der Waals surface area contributed by atoms with Crippen molar-refractivity contribution in [2.45, 2.75) is 51.9 Å². The zero-order valence-electron chi connectivity index (χ0n) is 14.7. The summed E-state index contributed by atoms with van der Waals surface area (Å²) in [5.41, 5.74) is 3.00. The molecule has 0 radical (unpaired) electrons. The van der Waals surface area contributed by atoms with Gasteiger partial charge in [-0.3, -0.25) is 14.7 Å². The minimum absolute atomic E-state index is 0.202. The first kappa shape index (κ1) is 16.2. The zero-order chi connectivity index (χ0) is 17.2. The maximum atomic E-state index is 12.6. The molecule has 1 saturated carbocycles. The number of hydrogen-bond acceptors (Lipinski definition) is 4. The van der Waals surface area contributed by atoms with Gasteiger partial charge in [0.05, 0.1) is 0 Å². The molecule has 0 bridgehead atoms. The molecule has 0 atom stereocenters. The predicted octanol–water partition coefficient (Wildman–Crippen LogP) is 3.71. The second-order valence-electron chi connectivity index (χ2n) is 7.18. The molecule has 0 saturated heterocycles. The van der Waals surface area contributed by atoms with Gasteiger partial charge in [-0.05, 0) is 44.2 Å². The second kappa shape index (κ2) is 6.90. The third-order valence-corrected chi connectivity index (χ3v) is 5.42. The number of anilines is 1. The van der Waals surface area contributed by atoms with Gasteiger partial charge in [0, 0.05) is 42.2 Å². The molecule has 1 aliphatic carbocycles. The van der Waals surface area contributed by atoms with E-state index in [0.29, 0.717) is 18.2 Å². The highest BCUT2D eigenvalue weighted by atomic mass is 16.2. The molecule has 1 fully saturated rings. The normalized spacial score (nSPS) is 18.3. The molecule has 2 aromatic rings. The summed E-state index contributed by atoms with van der Waals surface area (Å²) in [7, 11) is 0. The molecule has 3 heterocycles. The van der Waals surface area contributed by atoms with Crippen LogP contribution in [0.2, 0.25) is 0 Å². The number of pyridine rings is 1. The van der Waals surface area contributed by atoms with E-state index in [1.54, 1.807) is 12.4 Å². The Bertz CT molecular complexity index is 769. The molecular formula is C20H24N4O. The number of rotatable bonds is 3. The minimum Gasteiger partial charge on any atom is -0.296 e. The molecule has 0 unspecified atom stereocenters. The van der Waals surface area contributed by atoms with Gasteiger partial charge in [-0.15, -0.1) is 0 Å². The SMILES string of the molecule is Cc1nc(-c2cccnc2)nc2c1CCC(=O)N2CC1CCCCC1. The number of nitrogens with zero attached hydrogens (tertiary/aromatic N) is 4. The predicted molar refractivity (Wildman–Crippen MR) is 97.2 cm³/mol. The van der Waals surface area contributed by atoms with E-state index < -0.39 is 0 Å². The third-order valence-electron chi connectivity index (χ3n) is 5.42. The number of aryl methyl sites for hydroxylation is 1. The van der Waals surface area contributed by atoms with Crippen LogP contribution in [0.5, 0.6) is 0 Å². The fraction of sp³-hybridized carbons (Fsp3) is 0.500. The molecule has 2 aromatic heterocycles. The molecule has 1 aliphatic heterocycles. The Balaban J connectivity index is 1.71. The lowest BCUT2D eigenvalue weighted by atomic mass is 9.88. The quantitative estimate of drug-likeness (QED) is 0.857. The van der Waals surface area contributed by atoms with Crippen molar-refractivity contribution in [3.8, 4) is 11.4 Å². The Kier molecular flexibility index (Phi) is 4.47. The van der Waals surface area contributed by atoms with E-state index in [-0.39, 0.29) is 5.91 Å². The first-order valence-electron chi connectivity index (χ1n) is 9.30. The second-order valence-corrected chi connectivity index (χ2v) is 7.18.